The Bertz CT molecular complexity index is 162. The van der Waals surface area contributed by atoms with Gasteiger partial charge in [0.1, 0.15) is 0 Å². The molecule has 0 aromatic carbocycles. The molecule has 1 aliphatic carbocycles. The minimum Gasteiger partial charge on any atom is -0.329 e. The van der Waals surface area contributed by atoms with Gasteiger partial charge >= 0.3 is 0 Å². The molecule has 3 N–H and O–H groups in total. The van der Waals surface area contributed by atoms with Crippen molar-refractivity contribution in [1.82, 2.24) is 5.32 Å². The van der Waals surface area contributed by atoms with Gasteiger partial charge in [-0.3, -0.25) is 0 Å². The second-order valence-corrected chi connectivity index (χ2v) is 5.55. The highest BCUT2D eigenvalue weighted by molar-refractivity contribution is 7.99. The number of hydrogen-bond acceptors (Lipinski definition) is 3. The number of rotatable bonds is 5. The van der Waals surface area contributed by atoms with E-state index in [4.69, 9.17) is 5.73 Å². The van der Waals surface area contributed by atoms with Gasteiger partial charge in [-0.25, -0.2) is 0 Å². The fourth-order valence-electron chi connectivity index (χ4n) is 1.93. The predicted octanol–water partition coefficient (Wildman–Crippen LogP) is 1.21. The van der Waals surface area contributed by atoms with Crippen molar-refractivity contribution >= 4 is 11.8 Å². The Morgan fingerprint density at radius 2 is 2.31 bits per heavy atom. The first-order valence-electron chi connectivity index (χ1n) is 5.37. The molecule has 0 bridgehead atoms. The van der Waals surface area contributed by atoms with Crippen LogP contribution in [0.5, 0.6) is 0 Å². The van der Waals surface area contributed by atoms with Crippen LogP contribution in [-0.4, -0.2) is 30.1 Å². The highest BCUT2D eigenvalue weighted by atomic mass is 32.2. The van der Waals surface area contributed by atoms with Crippen molar-refractivity contribution in [3.05, 3.63) is 0 Å². The lowest BCUT2D eigenvalue weighted by molar-refractivity contribution is 0.367. The van der Waals surface area contributed by atoms with Crippen LogP contribution in [0.4, 0.5) is 0 Å². The molecule has 0 amide bonds. The van der Waals surface area contributed by atoms with E-state index in [2.05, 4.69) is 5.32 Å². The molecule has 1 aliphatic heterocycles. The van der Waals surface area contributed by atoms with Gasteiger partial charge in [-0.15, -0.1) is 0 Å². The van der Waals surface area contributed by atoms with E-state index in [9.17, 15) is 0 Å². The topological polar surface area (TPSA) is 38.0 Å². The van der Waals surface area contributed by atoms with E-state index in [1.165, 1.54) is 43.7 Å². The maximum atomic E-state index is 5.83. The molecule has 2 rings (SSSR count). The number of nitrogens with one attached hydrogen (secondary N) is 1. The Hall–Kier alpha value is 0.270. The lowest BCUT2D eigenvalue weighted by Crippen LogP contribution is -2.51. The molecule has 1 heterocycles. The summed E-state index contributed by atoms with van der Waals surface area (Å²) in [4.78, 5) is 0. The van der Waals surface area contributed by atoms with Gasteiger partial charge in [-0.2, -0.15) is 11.8 Å². The first-order chi connectivity index (χ1) is 6.35. The van der Waals surface area contributed by atoms with Crippen LogP contribution in [0.1, 0.15) is 25.7 Å². The van der Waals surface area contributed by atoms with E-state index in [0.29, 0.717) is 5.54 Å². The summed E-state index contributed by atoms with van der Waals surface area (Å²) < 4.78 is 0. The maximum Gasteiger partial charge on any atom is 0.0403 e. The summed E-state index contributed by atoms with van der Waals surface area (Å²) in [6.07, 6.45) is 5.56. The Morgan fingerprint density at radius 3 is 2.85 bits per heavy atom. The van der Waals surface area contributed by atoms with E-state index in [-0.39, 0.29) is 0 Å². The summed E-state index contributed by atoms with van der Waals surface area (Å²) in [5.41, 5.74) is 6.12. The summed E-state index contributed by atoms with van der Waals surface area (Å²) >= 11 is 2.04. The molecule has 2 nitrogen and oxygen atoms in total. The van der Waals surface area contributed by atoms with Gasteiger partial charge in [0, 0.05) is 17.8 Å². The van der Waals surface area contributed by atoms with Gasteiger partial charge in [-0.05, 0) is 31.1 Å². The fourth-order valence-corrected chi connectivity index (χ4v) is 3.36. The molecule has 2 fully saturated rings. The van der Waals surface area contributed by atoms with Crippen LogP contribution in [-0.2, 0) is 0 Å². The first-order valence-corrected chi connectivity index (χ1v) is 6.53. The third kappa shape index (κ3) is 2.61. The third-order valence-corrected chi connectivity index (χ3v) is 4.49. The Morgan fingerprint density at radius 1 is 1.46 bits per heavy atom. The van der Waals surface area contributed by atoms with Crippen molar-refractivity contribution < 1.29 is 0 Å². The quantitative estimate of drug-likeness (QED) is 0.700. The van der Waals surface area contributed by atoms with E-state index in [0.717, 1.165) is 12.5 Å². The molecule has 1 saturated carbocycles. The summed E-state index contributed by atoms with van der Waals surface area (Å²) in [5, 5.41) is 3.67. The number of hydrogen-bond donors (Lipinski definition) is 2. The molecule has 0 aromatic rings. The van der Waals surface area contributed by atoms with Gasteiger partial charge in [0.15, 0.2) is 0 Å². The molecule has 0 spiro atoms. The Balaban J connectivity index is 1.69. The monoisotopic (exact) mass is 200 g/mol. The fraction of sp³-hybridized carbons (Fsp3) is 1.00. The Kier molecular flexibility index (Phi) is 3.17. The van der Waals surface area contributed by atoms with Crippen molar-refractivity contribution in [1.29, 1.82) is 0 Å². The van der Waals surface area contributed by atoms with E-state index >= 15 is 0 Å². The first kappa shape index (κ1) is 9.81. The van der Waals surface area contributed by atoms with Crippen LogP contribution in [0.15, 0.2) is 0 Å². The molecular formula is C10H20N2S. The molecule has 1 unspecified atom stereocenters. The van der Waals surface area contributed by atoms with Crippen LogP contribution in [0.2, 0.25) is 0 Å². The average molecular weight is 200 g/mol. The lowest BCUT2D eigenvalue weighted by Gasteiger charge is -2.28. The minimum atomic E-state index is 0.291. The zero-order valence-electron chi connectivity index (χ0n) is 8.22. The van der Waals surface area contributed by atoms with Crippen molar-refractivity contribution in [3.8, 4) is 0 Å². The third-order valence-electron chi connectivity index (χ3n) is 3.24. The van der Waals surface area contributed by atoms with Gasteiger partial charge in [0.25, 0.3) is 0 Å². The molecular weight excluding hydrogens is 180 g/mol. The lowest BCUT2D eigenvalue weighted by atomic mass is 9.99. The average Bonchev–Trinajstić information content (AvgIpc) is 2.84. The predicted molar refractivity (Wildman–Crippen MR) is 59.1 cm³/mol. The standard InChI is InChI=1S/C10H20N2S/c11-7-10(4-6-13-8-10)12-5-3-9-1-2-9/h9,12H,1-8,11H2. The highest BCUT2D eigenvalue weighted by Gasteiger charge is 2.32. The number of nitrogens with two attached hydrogens (primary N) is 1. The van der Waals surface area contributed by atoms with Crippen LogP contribution in [0, 0.1) is 5.92 Å². The Labute approximate surface area is 85.0 Å². The van der Waals surface area contributed by atoms with Crippen molar-refractivity contribution in [2.45, 2.75) is 31.2 Å². The largest absolute Gasteiger partial charge is 0.329 e. The van der Waals surface area contributed by atoms with E-state index in [1.807, 2.05) is 11.8 Å². The molecule has 0 aromatic heterocycles. The second-order valence-electron chi connectivity index (χ2n) is 4.45. The molecule has 1 atom stereocenters. The highest BCUT2D eigenvalue weighted by Crippen LogP contribution is 2.32. The summed E-state index contributed by atoms with van der Waals surface area (Å²) in [5.74, 6) is 3.54. The van der Waals surface area contributed by atoms with Crippen molar-refractivity contribution in [2.24, 2.45) is 11.7 Å². The summed E-state index contributed by atoms with van der Waals surface area (Å²) in [6, 6.07) is 0. The summed E-state index contributed by atoms with van der Waals surface area (Å²) in [7, 11) is 0. The van der Waals surface area contributed by atoms with Gasteiger partial charge in [-0.1, -0.05) is 12.8 Å². The maximum absolute atomic E-state index is 5.83. The van der Waals surface area contributed by atoms with Crippen LogP contribution < -0.4 is 11.1 Å². The molecule has 2 aliphatic rings. The normalized spacial score (nSPS) is 33.9. The molecule has 13 heavy (non-hydrogen) atoms. The second kappa shape index (κ2) is 4.20. The minimum absolute atomic E-state index is 0.291. The number of thioether (sulfide) groups is 1. The van der Waals surface area contributed by atoms with Crippen molar-refractivity contribution in [3.63, 3.8) is 0 Å². The molecule has 1 saturated heterocycles. The molecule has 76 valence electrons. The smallest absolute Gasteiger partial charge is 0.0403 e. The van der Waals surface area contributed by atoms with E-state index < -0.39 is 0 Å². The van der Waals surface area contributed by atoms with Crippen molar-refractivity contribution in [2.75, 3.05) is 24.6 Å². The van der Waals surface area contributed by atoms with Crippen LogP contribution in [0.25, 0.3) is 0 Å². The zero-order valence-corrected chi connectivity index (χ0v) is 9.04. The molecule has 0 radical (unpaired) electrons. The van der Waals surface area contributed by atoms with E-state index in [1.54, 1.807) is 0 Å². The van der Waals surface area contributed by atoms with Gasteiger partial charge in [0.05, 0.1) is 0 Å². The molecule has 3 heteroatoms. The SMILES string of the molecule is NCC1(NCCC2CC2)CCSC1. The zero-order chi connectivity index (χ0) is 9.15. The van der Waals surface area contributed by atoms with Gasteiger partial charge < -0.3 is 11.1 Å². The van der Waals surface area contributed by atoms with Crippen LogP contribution >= 0.6 is 11.8 Å². The summed E-state index contributed by atoms with van der Waals surface area (Å²) in [6.45, 7) is 1.99. The van der Waals surface area contributed by atoms with Gasteiger partial charge in [0.2, 0.25) is 0 Å². The van der Waals surface area contributed by atoms with Crippen LogP contribution in [0.3, 0.4) is 0 Å².